The second kappa shape index (κ2) is 11.4. The van der Waals surface area contributed by atoms with Crippen LogP contribution in [0.2, 0.25) is 0 Å². The van der Waals surface area contributed by atoms with Gasteiger partial charge < -0.3 is 15.0 Å². The molecule has 1 amide bonds. The van der Waals surface area contributed by atoms with E-state index in [1.807, 2.05) is 44.2 Å². The van der Waals surface area contributed by atoms with Crippen LogP contribution in [0, 0.1) is 0 Å². The number of rotatable bonds is 9. The van der Waals surface area contributed by atoms with Crippen molar-refractivity contribution < 1.29 is 26.7 Å². The molecule has 1 aliphatic rings. The second-order valence-electron chi connectivity index (χ2n) is 9.12. The Hall–Kier alpha value is -3.25. The first-order valence-electron chi connectivity index (χ1n) is 12.0. The Labute approximate surface area is 214 Å². The molecule has 9 nitrogen and oxygen atoms in total. The molecule has 1 N–H and O–H groups in total. The van der Waals surface area contributed by atoms with Crippen molar-refractivity contribution in [3.8, 4) is 11.4 Å². The minimum Gasteiger partial charge on any atom is -0.372 e. The topological polar surface area (TPSA) is 114 Å². The van der Waals surface area contributed by atoms with Crippen molar-refractivity contribution in [2.24, 2.45) is 0 Å². The zero-order valence-electron chi connectivity index (χ0n) is 20.6. The van der Waals surface area contributed by atoms with Crippen molar-refractivity contribution >= 4 is 32.5 Å². The van der Waals surface area contributed by atoms with Crippen LogP contribution >= 0.6 is 0 Å². The monoisotopic (exact) mass is 533 g/mol. The molecule has 0 aliphatic carbocycles. The molecule has 3 aromatic heterocycles. The molecule has 0 spiro atoms. The standard InChI is InChI=1S/C25H29F2N5O4S/c1-16-14-32(15-17(2)36-16)23-6-3-5-20(31-23)21-8-7-18-13-29-19(11-22(18)30-21)12-24(33)28-9-4-10-37(34,35)25(26)27/h3,5-8,11,13,16-17,25H,4,9-10,12,14-15H2,1-2H3,(H,28,33)/t16-,17+. The third-order valence-electron chi connectivity index (χ3n) is 5.91. The number of ether oxygens (including phenoxy) is 1. The molecular weight excluding hydrogens is 504 g/mol. The summed E-state index contributed by atoms with van der Waals surface area (Å²) < 4.78 is 52.9. The number of alkyl halides is 2. The van der Waals surface area contributed by atoms with E-state index in [0.717, 1.165) is 30.0 Å². The molecule has 4 rings (SSSR count). The second-order valence-corrected chi connectivity index (χ2v) is 11.2. The predicted octanol–water partition coefficient (Wildman–Crippen LogP) is 2.99. The van der Waals surface area contributed by atoms with Crippen LogP contribution in [0.3, 0.4) is 0 Å². The van der Waals surface area contributed by atoms with Crippen LogP contribution in [-0.2, 0) is 25.8 Å². The van der Waals surface area contributed by atoms with Crippen molar-refractivity contribution in [2.75, 3.05) is 30.3 Å². The molecule has 0 aromatic carbocycles. The predicted molar refractivity (Wildman–Crippen MR) is 136 cm³/mol. The molecule has 0 bridgehead atoms. The first-order chi connectivity index (χ1) is 17.6. The van der Waals surface area contributed by atoms with Gasteiger partial charge in [-0.2, -0.15) is 8.78 Å². The van der Waals surface area contributed by atoms with Gasteiger partial charge in [0.15, 0.2) is 0 Å². The number of hydrogen-bond acceptors (Lipinski definition) is 8. The minimum atomic E-state index is -4.44. The molecule has 3 aromatic rings. The summed E-state index contributed by atoms with van der Waals surface area (Å²) in [6.45, 7) is 5.57. The highest BCUT2D eigenvalue weighted by Gasteiger charge is 2.24. The Morgan fingerprint density at radius 1 is 1.14 bits per heavy atom. The molecule has 198 valence electrons. The van der Waals surface area contributed by atoms with Crippen molar-refractivity contribution in [2.45, 2.75) is 44.7 Å². The molecule has 0 radical (unpaired) electrons. The van der Waals surface area contributed by atoms with Crippen molar-refractivity contribution in [1.82, 2.24) is 20.3 Å². The number of aromatic nitrogens is 3. The number of nitrogens with zero attached hydrogens (tertiary/aromatic N) is 4. The smallest absolute Gasteiger partial charge is 0.336 e. The average molecular weight is 534 g/mol. The number of pyridine rings is 3. The fraction of sp³-hybridized carbons (Fsp3) is 0.440. The molecule has 1 fully saturated rings. The third-order valence-corrected chi connectivity index (χ3v) is 7.31. The summed E-state index contributed by atoms with van der Waals surface area (Å²) in [4.78, 5) is 28.3. The van der Waals surface area contributed by atoms with E-state index in [9.17, 15) is 22.0 Å². The number of hydrogen-bond donors (Lipinski definition) is 1. The van der Waals surface area contributed by atoms with Gasteiger partial charge in [-0.25, -0.2) is 18.4 Å². The highest BCUT2D eigenvalue weighted by Crippen LogP contribution is 2.24. The van der Waals surface area contributed by atoms with Gasteiger partial charge in [0.1, 0.15) is 5.82 Å². The molecule has 0 unspecified atom stereocenters. The Balaban J connectivity index is 1.43. The van der Waals surface area contributed by atoms with E-state index in [4.69, 9.17) is 14.7 Å². The first kappa shape index (κ1) is 26.8. The van der Waals surface area contributed by atoms with Crippen LogP contribution < -0.4 is 10.2 Å². The average Bonchev–Trinajstić information content (AvgIpc) is 2.85. The summed E-state index contributed by atoms with van der Waals surface area (Å²) in [6.07, 6.45) is 1.71. The molecule has 2 atom stereocenters. The van der Waals surface area contributed by atoms with E-state index in [2.05, 4.69) is 15.2 Å². The summed E-state index contributed by atoms with van der Waals surface area (Å²) >= 11 is 0. The lowest BCUT2D eigenvalue weighted by molar-refractivity contribution is -0.120. The first-order valence-corrected chi connectivity index (χ1v) is 13.7. The number of halogens is 2. The number of morpholine rings is 1. The summed E-state index contributed by atoms with van der Waals surface area (Å²) in [6, 6.07) is 11.3. The van der Waals surface area contributed by atoms with E-state index in [-0.39, 0.29) is 37.5 Å². The number of fused-ring (bicyclic) bond motifs is 1. The normalized spacial score (nSPS) is 18.4. The molecule has 0 saturated carbocycles. The molecule has 4 heterocycles. The van der Waals surface area contributed by atoms with Gasteiger partial charge in [-0.05, 0) is 50.6 Å². The van der Waals surface area contributed by atoms with E-state index in [1.54, 1.807) is 12.3 Å². The van der Waals surface area contributed by atoms with Crippen LogP contribution in [-0.4, -0.2) is 72.6 Å². The number of nitrogens with one attached hydrogen (secondary N) is 1. The van der Waals surface area contributed by atoms with Gasteiger partial charge in [0.05, 0.1) is 47.0 Å². The van der Waals surface area contributed by atoms with Gasteiger partial charge in [0.2, 0.25) is 15.7 Å². The number of sulfone groups is 1. The zero-order valence-corrected chi connectivity index (χ0v) is 21.4. The van der Waals surface area contributed by atoms with Gasteiger partial charge in [-0.15, -0.1) is 0 Å². The van der Waals surface area contributed by atoms with Crippen LogP contribution in [0.4, 0.5) is 14.6 Å². The number of anilines is 1. The maximum Gasteiger partial charge on any atom is 0.336 e. The summed E-state index contributed by atoms with van der Waals surface area (Å²) in [5.74, 6) is -3.63. The van der Waals surface area contributed by atoms with Crippen LogP contribution in [0.1, 0.15) is 26.0 Å². The van der Waals surface area contributed by atoms with Gasteiger partial charge in [0, 0.05) is 31.2 Å². The zero-order chi connectivity index (χ0) is 26.6. The molecular formula is C25H29F2N5O4S. The van der Waals surface area contributed by atoms with E-state index < -0.39 is 21.3 Å². The number of amides is 1. The van der Waals surface area contributed by atoms with Crippen molar-refractivity contribution in [3.05, 3.63) is 48.3 Å². The van der Waals surface area contributed by atoms with Crippen molar-refractivity contribution in [3.63, 3.8) is 0 Å². The van der Waals surface area contributed by atoms with Crippen LogP contribution in [0.25, 0.3) is 22.3 Å². The Morgan fingerprint density at radius 2 is 1.86 bits per heavy atom. The van der Waals surface area contributed by atoms with Crippen LogP contribution in [0.5, 0.6) is 0 Å². The summed E-state index contributed by atoms with van der Waals surface area (Å²) in [7, 11) is -4.44. The lowest BCUT2D eigenvalue weighted by Gasteiger charge is -2.36. The van der Waals surface area contributed by atoms with Gasteiger partial charge >= 0.3 is 5.76 Å². The van der Waals surface area contributed by atoms with Crippen LogP contribution in [0.15, 0.2) is 42.6 Å². The quantitative estimate of drug-likeness (QED) is 0.418. The number of carbonyl (C=O) groups excluding carboxylic acids is 1. The molecule has 1 aliphatic heterocycles. The highest BCUT2D eigenvalue weighted by atomic mass is 32.2. The number of carbonyl (C=O) groups is 1. The Bertz CT molecular complexity index is 1360. The van der Waals surface area contributed by atoms with Crippen molar-refractivity contribution in [1.29, 1.82) is 0 Å². The maximum absolute atomic E-state index is 12.4. The molecule has 12 heteroatoms. The Kier molecular flexibility index (Phi) is 8.28. The highest BCUT2D eigenvalue weighted by molar-refractivity contribution is 7.91. The summed E-state index contributed by atoms with van der Waals surface area (Å²) in [5.41, 5.74) is 2.54. The molecule has 37 heavy (non-hydrogen) atoms. The largest absolute Gasteiger partial charge is 0.372 e. The third kappa shape index (κ3) is 6.95. The van der Waals surface area contributed by atoms with E-state index >= 15 is 0 Å². The van der Waals surface area contributed by atoms with Gasteiger partial charge in [-0.1, -0.05) is 6.07 Å². The minimum absolute atomic E-state index is 0.0243. The lowest BCUT2D eigenvalue weighted by Crippen LogP contribution is -2.45. The SMILES string of the molecule is C[C@@H]1CN(c2cccc(-c3ccc4cnc(CC(=O)NCCCS(=O)(=O)C(F)F)cc4n3)n2)C[C@H](C)O1. The fourth-order valence-corrected chi connectivity index (χ4v) is 4.95. The Morgan fingerprint density at radius 3 is 2.59 bits per heavy atom. The maximum atomic E-state index is 12.4. The molecule has 1 saturated heterocycles. The van der Waals surface area contributed by atoms with E-state index in [1.165, 1.54) is 0 Å². The summed E-state index contributed by atoms with van der Waals surface area (Å²) in [5, 5.41) is 3.34. The lowest BCUT2D eigenvalue weighted by atomic mass is 10.1. The van der Waals surface area contributed by atoms with E-state index in [0.29, 0.717) is 16.9 Å². The van der Waals surface area contributed by atoms with Gasteiger partial charge in [0.25, 0.3) is 0 Å². The van der Waals surface area contributed by atoms with Gasteiger partial charge in [-0.3, -0.25) is 9.78 Å². The fourth-order valence-electron chi connectivity index (χ4n) is 4.22.